The van der Waals surface area contributed by atoms with Crippen molar-refractivity contribution in [1.29, 1.82) is 0 Å². The van der Waals surface area contributed by atoms with Gasteiger partial charge in [-0.3, -0.25) is 14.5 Å². The van der Waals surface area contributed by atoms with Gasteiger partial charge in [0.1, 0.15) is 0 Å². The molecule has 0 spiro atoms. The minimum absolute atomic E-state index is 0.0161. The minimum Gasteiger partial charge on any atom is -0.369 e. The topological polar surface area (TPSA) is 64.7 Å². The zero-order valence-electron chi connectivity index (χ0n) is 14.6. The zero-order chi connectivity index (χ0) is 17.4. The molecule has 0 atom stereocenters. The van der Waals surface area contributed by atoms with Gasteiger partial charge in [-0.2, -0.15) is 0 Å². The van der Waals surface area contributed by atoms with Crippen LogP contribution in [0.15, 0.2) is 24.3 Å². The van der Waals surface area contributed by atoms with E-state index in [1.165, 1.54) is 12.2 Å². The van der Waals surface area contributed by atoms with Crippen molar-refractivity contribution in [2.75, 3.05) is 44.2 Å². The number of nitrogens with zero attached hydrogens (tertiary/aromatic N) is 2. The molecule has 6 nitrogen and oxygen atoms in total. The van der Waals surface area contributed by atoms with E-state index in [2.05, 4.69) is 46.4 Å². The summed E-state index contributed by atoms with van der Waals surface area (Å²) >= 11 is 0. The smallest absolute Gasteiger partial charge is 0.239 e. The first-order valence-electron chi connectivity index (χ1n) is 8.58. The van der Waals surface area contributed by atoms with E-state index in [-0.39, 0.29) is 12.5 Å². The fraction of sp³-hybridized carbons (Fsp3) is 0.556. The Bertz CT molecular complexity index is 522. The van der Waals surface area contributed by atoms with Crippen LogP contribution in [0, 0.1) is 5.92 Å². The summed E-state index contributed by atoms with van der Waals surface area (Å²) in [5.74, 6) is 0.528. The minimum atomic E-state index is -0.188. The maximum absolute atomic E-state index is 11.5. The molecule has 2 amide bonds. The summed E-state index contributed by atoms with van der Waals surface area (Å²) in [4.78, 5) is 26.5. The third kappa shape index (κ3) is 5.85. The predicted octanol–water partition coefficient (Wildman–Crippen LogP) is 0.827. The van der Waals surface area contributed by atoms with Gasteiger partial charge in [-0.15, -0.1) is 0 Å². The lowest BCUT2D eigenvalue weighted by Gasteiger charge is -2.36. The Labute approximate surface area is 144 Å². The highest BCUT2D eigenvalue weighted by atomic mass is 16.2. The Morgan fingerprint density at radius 1 is 1.17 bits per heavy atom. The number of rotatable bonds is 8. The number of carbonyl (C=O) groups is 2. The van der Waals surface area contributed by atoms with Crippen LogP contribution in [0.25, 0.3) is 0 Å². The second kappa shape index (κ2) is 9.27. The summed E-state index contributed by atoms with van der Waals surface area (Å²) in [6.45, 7) is 10.5. The Morgan fingerprint density at radius 3 is 2.42 bits per heavy atom. The number of nitrogens with one attached hydrogen (secondary N) is 2. The Hall–Kier alpha value is -2.08. The quantitative estimate of drug-likeness (QED) is 0.692. The molecule has 1 aliphatic heterocycles. The summed E-state index contributed by atoms with van der Waals surface area (Å²) < 4.78 is 0. The molecule has 0 aliphatic carbocycles. The monoisotopic (exact) mass is 332 g/mol. The molecule has 0 radical (unpaired) electrons. The van der Waals surface area contributed by atoms with Crippen LogP contribution in [-0.2, 0) is 16.1 Å². The maximum atomic E-state index is 11.5. The van der Waals surface area contributed by atoms with Crippen LogP contribution in [0.5, 0.6) is 0 Å². The van der Waals surface area contributed by atoms with Crippen LogP contribution in [0.4, 0.5) is 5.69 Å². The highest BCUT2D eigenvalue weighted by molar-refractivity contribution is 5.79. The summed E-state index contributed by atoms with van der Waals surface area (Å²) in [6.07, 6.45) is 0.523. The first kappa shape index (κ1) is 18.3. The Kier molecular flexibility index (Phi) is 7.06. The van der Waals surface area contributed by atoms with E-state index in [0.717, 1.165) is 31.7 Å². The van der Waals surface area contributed by atoms with Gasteiger partial charge in [0.05, 0.1) is 6.54 Å². The summed E-state index contributed by atoms with van der Waals surface area (Å²) in [6, 6.07) is 8.32. The molecule has 0 unspecified atom stereocenters. The summed E-state index contributed by atoms with van der Waals surface area (Å²) in [5, 5.41) is 5.12. The van der Waals surface area contributed by atoms with Crippen LogP contribution in [0.3, 0.4) is 0 Å². The van der Waals surface area contributed by atoms with E-state index < -0.39 is 0 Å². The van der Waals surface area contributed by atoms with Crippen molar-refractivity contribution in [2.24, 2.45) is 5.92 Å². The van der Waals surface area contributed by atoms with Crippen LogP contribution >= 0.6 is 0 Å². The standard InChI is InChI=1S/C18H28N4O2/c1-15(2)13-21-7-9-22(10-8-21)17-5-3-16(4-6-17)11-20-18(24)12-19-14-23/h3-6,14-15H,7-13H2,1-2H3,(H,19,23)(H,20,24). The highest BCUT2D eigenvalue weighted by Gasteiger charge is 2.17. The van der Waals surface area contributed by atoms with Crippen molar-refractivity contribution in [3.63, 3.8) is 0 Å². The van der Waals surface area contributed by atoms with Crippen LogP contribution in [0.2, 0.25) is 0 Å². The summed E-state index contributed by atoms with van der Waals surface area (Å²) in [5.41, 5.74) is 2.29. The van der Waals surface area contributed by atoms with Gasteiger partial charge in [0.25, 0.3) is 0 Å². The average molecular weight is 332 g/mol. The van der Waals surface area contributed by atoms with Gasteiger partial charge >= 0.3 is 0 Å². The van der Waals surface area contributed by atoms with E-state index >= 15 is 0 Å². The second-order valence-corrected chi connectivity index (χ2v) is 6.62. The number of hydrogen-bond donors (Lipinski definition) is 2. The molecule has 0 aromatic heterocycles. The van der Waals surface area contributed by atoms with Crippen molar-refractivity contribution >= 4 is 18.0 Å². The van der Waals surface area contributed by atoms with E-state index in [4.69, 9.17) is 0 Å². The van der Waals surface area contributed by atoms with Gasteiger partial charge in [0, 0.05) is 45.0 Å². The molecule has 2 rings (SSSR count). The molecule has 6 heteroatoms. The molecule has 1 fully saturated rings. The number of carbonyl (C=O) groups excluding carboxylic acids is 2. The molecule has 132 valence electrons. The molecule has 1 aliphatic rings. The van der Waals surface area contributed by atoms with Crippen molar-refractivity contribution in [3.05, 3.63) is 29.8 Å². The summed E-state index contributed by atoms with van der Waals surface area (Å²) in [7, 11) is 0. The van der Waals surface area contributed by atoms with Crippen LogP contribution in [-0.4, -0.2) is 56.5 Å². The lowest BCUT2D eigenvalue weighted by Crippen LogP contribution is -2.47. The second-order valence-electron chi connectivity index (χ2n) is 6.62. The normalized spacial score (nSPS) is 15.4. The van der Waals surface area contributed by atoms with E-state index in [1.807, 2.05) is 12.1 Å². The van der Waals surface area contributed by atoms with E-state index in [0.29, 0.717) is 18.9 Å². The van der Waals surface area contributed by atoms with Gasteiger partial charge in [0.2, 0.25) is 12.3 Å². The van der Waals surface area contributed by atoms with Gasteiger partial charge in [-0.1, -0.05) is 26.0 Å². The molecule has 24 heavy (non-hydrogen) atoms. The van der Waals surface area contributed by atoms with Gasteiger partial charge in [0.15, 0.2) is 0 Å². The molecule has 0 bridgehead atoms. The molecule has 1 saturated heterocycles. The fourth-order valence-electron chi connectivity index (χ4n) is 2.93. The number of hydrogen-bond acceptors (Lipinski definition) is 4. The molecule has 0 saturated carbocycles. The molecular weight excluding hydrogens is 304 g/mol. The number of amides is 2. The maximum Gasteiger partial charge on any atom is 0.239 e. The van der Waals surface area contributed by atoms with Crippen molar-refractivity contribution in [1.82, 2.24) is 15.5 Å². The van der Waals surface area contributed by atoms with Crippen LogP contribution in [0.1, 0.15) is 19.4 Å². The van der Waals surface area contributed by atoms with Crippen molar-refractivity contribution in [2.45, 2.75) is 20.4 Å². The van der Waals surface area contributed by atoms with Gasteiger partial charge in [-0.25, -0.2) is 0 Å². The lowest BCUT2D eigenvalue weighted by molar-refractivity contribution is -0.122. The van der Waals surface area contributed by atoms with Crippen molar-refractivity contribution in [3.8, 4) is 0 Å². The Morgan fingerprint density at radius 2 is 1.83 bits per heavy atom. The van der Waals surface area contributed by atoms with Crippen molar-refractivity contribution < 1.29 is 9.59 Å². The van der Waals surface area contributed by atoms with Gasteiger partial charge < -0.3 is 15.5 Å². The van der Waals surface area contributed by atoms with E-state index in [9.17, 15) is 9.59 Å². The first-order chi connectivity index (χ1) is 11.6. The highest BCUT2D eigenvalue weighted by Crippen LogP contribution is 2.17. The van der Waals surface area contributed by atoms with Gasteiger partial charge in [-0.05, 0) is 23.6 Å². The molecule has 1 aromatic carbocycles. The number of piperazine rings is 1. The molecule has 2 N–H and O–H groups in total. The first-order valence-corrected chi connectivity index (χ1v) is 8.58. The third-order valence-corrected chi connectivity index (χ3v) is 4.13. The fourth-order valence-corrected chi connectivity index (χ4v) is 2.93. The SMILES string of the molecule is CC(C)CN1CCN(c2ccc(CNC(=O)CNC=O)cc2)CC1. The predicted molar refractivity (Wildman–Crippen MR) is 95.8 cm³/mol. The average Bonchev–Trinajstić information content (AvgIpc) is 2.59. The molecule has 1 aromatic rings. The largest absolute Gasteiger partial charge is 0.369 e. The molecular formula is C18H28N4O2. The van der Waals surface area contributed by atoms with Crippen LogP contribution < -0.4 is 15.5 Å². The third-order valence-electron chi connectivity index (χ3n) is 4.13. The number of anilines is 1. The zero-order valence-corrected chi connectivity index (χ0v) is 14.6. The van der Waals surface area contributed by atoms with E-state index in [1.54, 1.807) is 0 Å². The lowest BCUT2D eigenvalue weighted by atomic mass is 10.1. The Balaban J connectivity index is 1.78. The molecule has 1 heterocycles. The number of benzene rings is 1.